The van der Waals surface area contributed by atoms with Gasteiger partial charge in [0.25, 0.3) is 0 Å². The standard InChI is InChI=1S/C23H28N2O/c1-2-17-15-4-6-21(7-5-15)20(17)18(3-1)23(9-14-8-19(23)24-11-14)25-12-16-10-22(21,25)13-26-16/h1-3,14-16,19,24H,4-13H2. The summed E-state index contributed by atoms with van der Waals surface area (Å²) in [6, 6.07) is 8.11. The van der Waals surface area contributed by atoms with Crippen LogP contribution < -0.4 is 5.32 Å². The zero-order valence-electron chi connectivity index (χ0n) is 15.5. The average molecular weight is 348 g/mol. The molecule has 0 aromatic heterocycles. The summed E-state index contributed by atoms with van der Waals surface area (Å²) < 4.78 is 6.39. The first-order valence-electron chi connectivity index (χ1n) is 11.0. The number of benzene rings is 1. The second-order valence-corrected chi connectivity index (χ2v) is 10.6. The van der Waals surface area contributed by atoms with E-state index in [4.69, 9.17) is 4.74 Å². The van der Waals surface area contributed by atoms with Crippen molar-refractivity contribution in [2.45, 2.75) is 79.5 Å². The number of hydrogen-bond acceptors (Lipinski definition) is 3. The van der Waals surface area contributed by atoms with E-state index in [-0.39, 0.29) is 11.1 Å². The van der Waals surface area contributed by atoms with Crippen molar-refractivity contribution in [3.8, 4) is 0 Å². The minimum Gasteiger partial charge on any atom is -0.375 e. The summed E-state index contributed by atoms with van der Waals surface area (Å²) in [5, 5.41) is 3.96. The highest BCUT2D eigenvalue weighted by Crippen LogP contribution is 2.71. The monoisotopic (exact) mass is 348 g/mol. The lowest BCUT2D eigenvalue weighted by atomic mass is 9.46. The van der Waals surface area contributed by atoms with E-state index in [9.17, 15) is 0 Å². The van der Waals surface area contributed by atoms with Crippen LogP contribution in [0.1, 0.15) is 67.6 Å². The highest BCUT2D eigenvalue weighted by Gasteiger charge is 2.75. The number of morpholine rings is 1. The molecule has 9 rings (SSSR count). The highest BCUT2D eigenvalue weighted by atomic mass is 16.5. The molecular formula is C23H28N2O. The number of ether oxygens (including phenoxy) is 1. The maximum Gasteiger partial charge on any atom is 0.0722 e. The summed E-state index contributed by atoms with van der Waals surface area (Å²) in [4.78, 5) is 3.06. The van der Waals surface area contributed by atoms with E-state index < -0.39 is 0 Å². The van der Waals surface area contributed by atoms with Gasteiger partial charge in [-0.2, -0.15) is 0 Å². The van der Waals surface area contributed by atoms with Crippen LogP contribution in [-0.2, 0) is 15.7 Å². The van der Waals surface area contributed by atoms with Crippen LogP contribution in [0.5, 0.6) is 0 Å². The normalized spacial score (nSPS) is 54.9. The summed E-state index contributed by atoms with van der Waals surface area (Å²) in [6.45, 7) is 3.42. The molecule has 5 unspecified atom stereocenters. The molecule has 2 saturated carbocycles. The maximum atomic E-state index is 6.39. The SMILES string of the molecule is c1cc2c3c(c1)C1(CC4CNC1C4)N1CC4CC1(CO4)C31CCC2CC1. The molecule has 4 aliphatic heterocycles. The van der Waals surface area contributed by atoms with Gasteiger partial charge in [0, 0.05) is 18.0 Å². The third kappa shape index (κ3) is 1.20. The van der Waals surface area contributed by atoms with Crippen LogP contribution in [0.15, 0.2) is 18.2 Å². The van der Waals surface area contributed by atoms with E-state index in [0.717, 1.165) is 18.4 Å². The number of nitrogens with one attached hydrogen (secondary N) is 1. The minimum atomic E-state index is 0.259. The number of rotatable bonds is 0. The molecule has 3 heteroatoms. The second kappa shape index (κ2) is 4.09. The Bertz CT molecular complexity index is 843. The molecule has 1 N–H and O–H groups in total. The Kier molecular flexibility index (Phi) is 2.22. The van der Waals surface area contributed by atoms with E-state index in [2.05, 4.69) is 28.4 Å². The Morgan fingerprint density at radius 2 is 2.08 bits per heavy atom. The van der Waals surface area contributed by atoms with E-state index in [0.29, 0.717) is 17.6 Å². The van der Waals surface area contributed by atoms with Gasteiger partial charge in [-0.05, 0) is 80.0 Å². The highest BCUT2D eigenvalue weighted by molar-refractivity contribution is 5.58. The summed E-state index contributed by atoms with van der Waals surface area (Å²) in [7, 11) is 0. The first-order chi connectivity index (χ1) is 12.8. The van der Waals surface area contributed by atoms with Crippen molar-refractivity contribution in [2.75, 3.05) is 19.7 Å². The molecule has 3 nitrogen and oxygen atoms in total. The van der Waals surface area contributed by atoms with E-state index >= 15 is 0 Å². The number of hydrogen-bond donors (Lipinski definition) is 1. The number of piperidine rings is 1. The molecule has 26 heavy (non-hydrogen) atoms. The van der Waals surface area contributed by atoms with Crippen LogP contribution in [0.4, 0.5) is 0 Å². The molecule has 5 atom stereocenters. The van der Waals surface area contributed by atoms with Gasteiger partial charge in [0.1, 0.15) is 0 Å². The van der Waals surface area contributed by atoms with Crippen molar-refractivity contribution in [1.29, 1.82) is 0 Å². The molecule has 3 saturated heterocycles. The van der Waals surface area contributed by atoms with Gasteiger partial charge in [0.15, 0.2) is 0 Å². The Balaban J connectivity index is 1.51. The molecule has 5 fully saturated rings. The predicted molar refractivity (Wildman–Crippen MR) is 99.3 cm³/mol. The molecule has 1 aromatic rings. The van der Waals surface area contributed by atoms with Gasteiger partial charge in [0.2, 0.25) is 0 Å². The van der Waals surface area contributed by atoms with Gasteiger partial charge in [-0.3, -0.25) is 4.90 Å². The molecule has 136 valence electrons. The number of nitrogens with zero attached hydrogens (tertiary/aromatic N) is 1. The van der Waals surface area contributed by atoms with Crippen molar-refractivity contribution in [3.05, 3.63) is 34.9 Å². The van der Waals surface area contributed by atoms with Crippen LogP contribution in [-0.4, -0.2) is 42.3 Å². The Morgan fingerprint density at radius 3 is 2.85 bits per heavy atom. The molecule has 0 amide bonds. The molecule has 6 bridgehead atoms. The summed E-state index contributed by atoms with van der Waals surface area (Å²) in [6.07, 6.45) is 10.2. The zero-order valence-corrected chi connectivity index (χ0v) is 15.5. The third-order valence-electron chi connectivity index (χ3n) is 10.1. The van der Waals surface area contributed by atoms with Gasteiger partial charge in [-0.1, -0.05) is 18.2 Å². The topological polar surface area (TPSA) is 24.5 Å². The summed E-state index contributed by atoms with van der Waals surface area (Å²) in [5.74, 6) is 1.71. The van der Waals surface area contributed by atoms with Crippen molar-refractivity contribution in [2.24, 2.45) is 5.92 Å². The molecular weight excluding hydrogens is 320 g/mol. The van der Waals surface area contributed by atoms with E-state index in [1.807, 2.05) is 5.56 Å². The summed E-state index contributed by atoms with van der Waals surface area (Å²) in [5.41, 5.74) is 6.25. The van der Waals surface area contributed by atoms with Gasteiger partial charge in [-0.25, -0.2) is 0 Å². The quantitative estimate of drug-likeness (QED) is 0.780. The Hall–Kier alpha value is -0.900. The fourth-order valence-corrected chi connectivity index (χ4v) is 9.40. The Labute approximate surface area is 155 Å². The maximum absolute atomic E-state index is 6.39. The molecule has 1 aromatic carbocycles. The van der Waals surface area contributed by atoms with Gasteiger partial charge >= 0.3 is 0 Å². The van der Waals surface area contributed by atoms with Gasteiger partial charge in [-0.15, -0.1) is 0 Å². The summed E-state index contributed by atoms with van der Waals surface area (Å²) >= 11 is 0. The second-order valence-electron chi connectivity index (χ2n) is 10.6. The Morgan fingerprint density at radius 1 is 1.15 bits per heavy atom. The van der Waals surface area contributed by atoms with Crippen LogP contribution in [0.3, 0.4) is 0 Å². The van der Waals surface area contributed by atoms with E-state index in [1.165, 1.54) is 58.0 Å². The molecule has 0 radical (unpaired) electrons. The predicted octanol–water partition coefficient (Wildman–Crippen LogP) is 3.03. The largest absolute Gasteiger partial charge is 0.375 e. The molecule has 4 aliphatic carbocycles. The fraction of sp³-hybridized carbons (Fsp3) is 0.739. The average Bonchev–Trinajstić information content (AvgIpc) is 3.47. The van der Waals surface area contributed by atoms with Gasteiger partial charge in [0.05, 0.1) is 23.8 Å². The van der Waals surface area contributed by atoms with Crippen LogP contribution in [0, 0.1) is 5.92 Å². The van der Waals surface area contributed by atoms with Gasteiger partial charge < -0.3 is 10.1 Å². The molecule has 3 spiro atoms. The van der Waals surface area contributed by atoms with Crippen LogP contribution in [0.2, 0.25) is 0 Å². The smallest absolute Gasteiger partial charge is 0.0722 e. The minimum absolute atomic E-state index is 0.259. The molecule has 8 aliphatic rings. The lowest BCUT2D eigenvalue weighted by Crippen LogP contribution is -2.75. The lowest BCUT2D eigenvalue weighted by molar-refractivity contribution is -0.139. The van der Waals surface area contributed by atoms with Crippen LogP contribution >= 0.6 is 0 Å². The zero-order chi connectivity index (χ0) is 16.7. The van der Waals surface area contributed by atoms with Crippen LogP contribution in [0.25, 0.3) is 0 Å². The van der Waals surface area contributed by atoms with Crippen molar-refractivity contribution in [3.63, 3.8) is 0 Å². The van der Waals surface area contributed by atoms with Crippen molar-refractivity contribution in [1.82, 2.24) is 10.2 Å². The van der Waals surface area contributed by atoms with Crippen molar-refractivity contribution >= 4 is 0 Å². The first-order valence-corrected chi connectivity index (χ1v) is 11.0. The fourth-order valence-electron chi connectivity index (χ4n) is 9.40. The first kappa shape index (κ1) is 14.1. The van der Waals surface area contributed by atoms with E-state index in [1.54, 1.807) is 11.1 Å². The third-order valence-corrected chi connectivity index (χ3v) is 10.1. The lowest BCUT2D eigenvalue weighted by Gasteiger charge is -2.68. The van der Waals surface area contributed by atoms with Crippen molar-refractivity contribution < 1.29 is 4.74 Å². The number of fused-ring (bicyclic) bond motifs is 8. The molecule has 4 heterocycles.